The van der Waals surface area contributed by atoms with Gasteiger partial charge in [0.05, 0.1) is 23.9 Å². The number of benzene rings is 1. The molecule has 4 N–H and O–H groups in total. The number of nitrogens with zero attached hydrogens (tertiary/aromatic N) is 2. The van der Waals surface area contributed by atoms with Crippen molar-refractivity contribution >= 4 is 5.91 Å². The molecule has 0 spiro atoms. The lowest BCUT2D eigenvalue weighted by molar-refractivity contribution is -0.152. The summed E-state index contributed by atoms with van der Waals surface area (Å²) in [6.07, 6.45) is 6.92. The Hall–Kier alpha value is -1.51. The van der Waals surface area contributed by atoms with Crippen molar-refractivity contribution in [2.45, 2.75) is 150 Å². The van der Waals surface area contributed by atoms with Crippen molar-refractivity contribution < 1.29 is 19.7 Å². The van der Waals surface area contributed by atoms with E-state index in [1.165, 1.54) is 0 Å². The zero-order valence-corrected chi connectivity index (χ0v) is 29.4. The summed E-state index contributed by atoms with van der Waals surface area (Å²) in [6.45, 7) is 21.4. The highest BCUT2D eigenvalue weighted by atomic mass is 16.6. The molecule has 4 atom stereocenters. The van der Waals surface area contributed by atoms with Gasteiger partial charge in [0.1, 0.15) is 0 Å². The third-order valence-corrected chi connectivity index (χ3v) is 10.2. The van der Waals surface area contributed by atoms with Crippen LogP contribution in [0.5, 0.6) is 0 Å². The summed E-state index contributed by atoms with van der Waals surface area (Å²) < 4.78 is 5.64. The van der Waals surface area contributed by atoms with Crippen molar-refractivity contribution in [1.29, 1.82) is 0 Å². The monoisotopic (exact) mass is 615 g/mol. The highest BCUT2D eigenvalue weighted by Gasteiger charge is 2.47. The molecule has 252 valence electrons. The Bertz CT molecular complexity index is 1020. The Labute approximate surface area is 268 Å². The van der Waals surface area contributed by atoms with Gasteiger partial charge in [0, 0.05) is 18.7 Å². The van der Waals surface area contributed by atoms with E-state index in [0.717, 1.165) is 70.0 Å². The normalized spacial score (nSPS) is 25.9. The van der Waals surface area contributed by atoms with Crippen LogP contribution >= 0.6 is 0 Å². The van der Waals surface area contributed by atoms with Gasteiger partial charge in [-0.05, 0) is 106 Å². The van der Waals surface area contributed by atoms with Gasteiger partial charge in [-0.25, -0.2) is 0 Å². The minimum absolute atomic E-state index is 0.0885. The van der Waals surface area contributed by atoms with Crippen molar-refractivity contribution in [2.75, 3.05) is 19.7 Å². The van der Waals surface area contributed by atoms with Gasteiger partial charge in [0.2, 0.25) is 5.91 Å². The van der Waals surface area contributed by atoms with Crippen molar-refractivity contribution in [2.24, 2.45) is 28.4 Å². The average molecular weight is 616 g/mol. The van der Waals surface area contributed by atoms with Crippen LogP contribution in [0.3, 0.4) is 0 Å². The second-order valence-electron chi connectivity index (χ2n) is 16.4. The molecule has 0 aromatic heterocycles. The Morgan fingerprint density at radius 2 is 1.66 bits per heavy atom. The predicted molar refractivity (Wildman–Crippen MR) is 180 cm³/mol. The number of carbonyl (C=O) groups is 1. The van der Waals surface area contributed by atoms with Gasteiger partial charge in [-0.2, -0.15) is 0 Å². The number of carbonyl (C=O) groups excluding carboxylic acids is 1. The van der Waals surface area contributed by atoms with Crippen LogP contribution in [0.15, 0.2) is 24.3 Å². The zero-order valence-electron chi connectivity index (χ0n) is 29.4. The van der Waals surface area contributed by atoms with E-state index in [4.69, 9.17) is 10.5 Å². The Morgan fingerprint density at radius 1 is 1.07 bits per heavy atom. The first kappa shape index (κ1) is 37.0. The van der Waals surface area contributed by atoms with Gasteiger partial charge in [-0.3, -0.25) is 9.69 Å². The van der Waals surface area contributed by atoms with Crippen LogP contribution in [0.25, 0.3) is 0 Å². The van der Waals surface area contributed by atoms with Gasteiger partial charge in [0.15, 0.2) is 6.29 Å². The molecule has 4 unspecified atom stereocenters. The minimum atomic E-state index is -0.994. The summed E-state index contributed by atoms with van der Waals surface area (Å²) >= 11 is 0. The lowest BCUT2D eigenvalue weighted by Crippen LogP contribution is -2.65. The molecule has 0 bridgehead atoms. The maximum atomic E-state index is 15.1. The van der Waals surface area contributed by atoms with Gasteiger partial charge in [0.25, 0.3) is 0 Å². The van der Waals surface area contributed by atoms with E-state index >= 15 is 4.79 Å². The van der Waals surface area contributed by atoms with Crippen molar-refractivity contribution in [3.05, 3.63) is 35.4 Å². The number of hydrogen-bond donors (Lipinski definition) is 3. The topological polar surface area (TPSA) is 99.3 Å². The minimum Gasteiger partial charge on any atom is -0.396 e. The fraction of sp³-hybridized carbons (Fsp3) is 0.811. The van der Waals surface area contributed by atoms with Crippen LogP contribution in [0.2, 0.25) is 0 Å². The van der Waals surface area contributed by atoms with Crippen molar-refractivity contribution in [3.8, 4) is 0 Å². The molecular formula is C37H65N3O4. The first-order valence-electron chi connectivity index (χ1n) is 17.4. The van der Waals surface area contributed by atoms with E-state index in [9.17, 15) is 10.2 Å². The second kappa shape index (κ2) is 15.4. The number of ether oxygens (including phenoxy) is 1. The molecule has 0 radical (unpaired) electrons. The fourth-order valence-electron chi connectivity index (χ4n) is 7.42. The Morgan fingerprint density at radius 3 is 2.16 bits per heavy atom. The summed E-state index contributed by atoms with van der Waals surface area (Å²) in [5.41, 5.74) is 8.78. The number of hydrogen-bond acceptors (Lipinski definition) is 6. The molecule has 1 aliphatic carbocycles. The van der Waals surface area contributed by atoms with Crippen molar-refractivity contribution in [1.82, 2.24) is 9.80 Å². The van der Waals surface area contributed by atoms with Gasteiger partial charge >= 0.3 is 0 Å². The van der Waals surface area contributed by atoms with E-state index in [0.29, 0.717) is 17.9 Å². The fourth-order valence-corrected chi connectivity index (χ4v) is 7.42. The first-order valence-corrected chi connectivity index (χ1v) is 17.4. The maximum Gasteiger partial charge on any atom is 0.241 e. The molecule has 1 saturated heterocycles. The molecule has 1 aromatic carbocycles. The first-order chi connectivity index (χ1) is 20.5. The number of aliphatic hydroxyl groups excluding tert-OH is 2. The predicted octanol–water partition coefficient (Wildman–Crippen LogP) is 7.17. The van der Waals surface area contributed by atoms with Crippen LogP contribution in [0.1, 0.15) is 144 Å². The highest BCUT2D eigenvalue weighted by Crippen LogP contribution is 2.46. The van der Waals surface area contributed by atoms with Crippen molar-refractivity contribution in [3.63, 3.8) is 0 Å². The SMILES string of the molecule is CCC(C(=O)N(C(CCC(C)(C)C)c1ccc(C(O)OC(C)C)cc1)C1(N)CCC(C(C)(C)C)CC1)N1CCCC(CO)C1. The van der Waals surface area contributed by atoms with Crippen LogP contribution in [-0.2, 0) is 9.53 Å². The molecule has 2 aliphatic rings. The third kappa shape index (κ3) is 9.75. The molecule has 7 nitrogen and oxygen atoms in total. The Kier molecular flexibility index (Phi) is 12.9. The van der Waals surface area contributed by atoms with Crippen LogP contribution in [-0.4, -0.2) is 63.4 Å². The number of likely N-dealkylation sites (tertiary alicyclic amines) is 1. The number of piperidine rings is 1. The number of aliphatic hydroxyl groups is 2. The second-order valence-corrected chi connectivity index (χ2v) is 16.4. The zero-order chi connectivity index (χ0) is 32.9. The lowest BCUT2D eigenvalue weighted by Gasteiger charge is -2.52. The molecule has 1 aliphatic heterocycles. The van der Waals surface area contributed by atoms with E-state index < -0.39 is 12.0 Å². The largest absolute Gasteiger partial charge is 0.396 e. The average Bonchev–Trinajstić information content (AvgIpc) is 2.94. The van der Waals surface area contributed by atoms with Gasteiger partial charge in [-0.15, -0.1) is 0 Å². The molecule has 3 rings (SSSR count). The third-order valence-electron chi connectivity index (χ3n) is 10.2. The molecule has 44 heavy (non-hydrogen) atoms. The lowest BCUT2D eigenvalue weighted by atomic mass is 9.69. The van der Waals surface area contributed by atoms with E-state index in [-0.39, 0.29) is 47.4 Å². The van der Waals surface area contributed by atoms with Crippen LogP contribution < -0.4 is 5.73 Å². The summed E-state index contributed by atoms with van der Waals surface area (Å²) in [7, 11) is 0. The smallest absolute Gasteiger partial charge is 0.241 e. The number of rotatable bonds is 12. The van der Waals surface area contributed by atoms with E-state index in [2.05, 4.69) is 70.4 Å². The summed E-state index contributed by atoms with van der Waals surface area (Å²) in [5, 5.41) is 20.6. The maximum absolute atomic E-state index is 15.1. The molecule has 1 saturated carbocycles. The van der Waals surface area contributed by atoms with Crippen LogP contribution in [0.4, 0.5) is 0 Å². The van der Waals surface area contributed by atoms with Gasteiger partial charge in [-0.1, -0.05) is 72.7 Å². The molecule has 7 heteroatoms. The van der Waals surface area contributed by atoms with E-state index in [1.54, 1.807) is 0 Å². The summed E-state index contributed by atoms with van der Waals surface area (Å²) in [4.78, 5) is 19.5. The molecule has 1 amide bonds. The summed E-state index contributed by atoms with van der Waals surface area (Å²) in [5.74, 6) is 0.894. The number of amides is 1. The van der Waals surface area contributed by atoms with E-state index in [1.807, 2.05) is 26.0 Å². The Balaban J connectivity index is 2.07. The molecule has 2 fully saturated rings. The number of nitrogens with two attached hydrogens (primary N) is 1. The molecule has 1 heterocycles. The highest BCUT2D eigenvalue weighted by molar-refractivity contribution is 5.83. The summed E-state index contributed by atoms with van der Waals surface area (Å²) in [6, 6.07) is 7.52. The molecule has 1 aromatic rings. The van der Waals surface area contributed by atoms with Gasteiger partial charge < -0.3 is 25.6 Å². The quantitative estimate of drug-likeness (QED) is 0.216. The molecular weight excluding hydrogens is 550 g/mol. The van der Waals surface area contributed by atoms with Crippen LogP contribution in [0, 0.1) is 22.7 Å². The standard InChI is InChI=1S/C37H65N3O4/c1-10-31(39-23-11-12-27(24-39)25-41)33(42)40(37(38)21-17-30(18-22-37)36(7,8)9)32(19-20-35(4,5)6)28-13-15-29(16-14-28)34(43)44-26(2)3/h13-16,26-27,30-32,34,41,43H,10-12,17-25,38H2,1-9H3.